The molecular weight excluding hydrogens is 244 g/mol. The summed E-state index contributed by atoms with van der Waals surface area (Å²) in [6.07, 6.45) is -0.255. The van der Waals surface area contributed by atoms with Crippen LogP contribution in [-0.4, -0.2) is 54.4 Å². The highest BCUT2D eigenvalue weighted by Gasteiger charge is 2.23. The van der Waals surface area contributed by atoms with Gasteiger partial charge in [-0.1, -0.05) is 12.1 Å². The zero-order valence-electron chi connectivity index (χ0n) is 11.3. The molecule has 1 aliphatic rings. The summed E-state index contributed by atoms with van der Waals surface area (Å²) in [4.78, 5) is 15.2. The maximum Gasteiger partial charge on any atom is 0.231 e. The van der Waals surface area contributed by atoms with Gasteiger partial charge in [0.1, 0.15) is 0 Å². The molecule has 0 aliphatic carbocycles. The summed E-state index contributed by atoms with van der Waals surface area (Å²) in [6.45, 7) is 0.877. The van der Waals surface area contributed by atoms with Gasteiger partial charge in [0.15, 0.2) is 0 Å². The largest absolute Gasteiger partial charge is 0.394 e. The van der Waals surface area contributed by atoms with Crippen molar-refractivity contribution in [2.75, 3.05) is 32.1 Å². The van der Waals surface area contributed by atoms with Crippen LogP contribution in [0.5, 0.6) is 0 Å². The van der Waals surface area contributed by atoms with E-state index in [2.05, 4.69) is 0 Å². The number of benzene rings is 1. The maximum absolute atomic E-state index is 11.6. The fraction of sp³-hybridized carbons (Fsp3) is 0.500. The van der Waals surface area contributed by atoms with Crippen LogP contribution in [0.2, 0.25) is 0 Å². The number of nitrogens with zero attached hydrogens (tertiary/aromatic N) is 2. The molecule has 5 heteroatoms. The molecule has 2 N–H and O–H groups in total. The number of anilines is 1. The van der Waals surface area contributed by atoms with Crippen molar-refractivity contribution < 1.29 is 15.0 Å². The van der Waals surface area contributed by atoms with E-state index in [1.54, 1.807) is 11.9 Å². The van der Waals surface area contributed by atoms with Crippen molar-refractivity contribution in [2.24, 2.45) is 0 Å². The standard InChI is InChI=1S/C14H20N2O3/c1-15(8-12(18)9-17)7-10-3-4-13-11(5-10)6-14(19)16(13)2/h3-5,12,17-18H,6-9H2,1-2H3. The second kappa shape index (κ2) is 5.69. The van der Waals surface area contributed by atoms with Gasteiger partial charge in [-0.25, -0.2) is 0 Å². The number of fused-ring (bicyclic) bond motifs is 1. The van der Waals surface area contributed by atoms with Gasteiger partial charge in [0.2, 0.25) is 5.91 Å². The van der Waals surface area contributed by atoms with Crippen molar-refractivity contribution in [3.05, 3.63) is 29.3 Å². The minimum atomic E-state index is -0.716. The van der Waals surface area contributed by atoms with E-state index < -0.39 is 6.10 Å². The Labute approximate surface area is 113 Å². The van der Waals surface area contributed by atoms with Gasteiger partial charge in [0, 0.05) is 25.8 Å². The first-order valence-electron chi connectivity index (χ1n) is 6.37. The highest BCUT2D eigenvalue weighted by atomic mass is 16.3. The van der Waals surface area contributed by atoms with Gasteiger partial charge in [-0.2, -0.15) is 0 Å². The number of carbonyl (C=O) groups excluding carboxylic acids is 1. The van der Waals surface area contributed by atoms with Gasteiger partial charge in [-0.15, -0.1) is 0 Å². The minimum Gasteiger partial charge on any atom is -0.394 e. The first-order chi connectivity index (χ1) is 9.01. The van der Waals surface area contributed by atoms with Crippen LogP contribution in [0.4, 0.5) is 5.69 Å². The zero-order valence-corrected chi connectivity index (χ0v) is 11.3. The molecule has 1 aromatic carbocycles. The minimum absolute atomic E-state index is 0.121. The lowest BCUT2D eigenvalue weighted by molar-refractivity contribution is -0.117. The number of hydrogen-bond donors (Lipinski definition) is 2. The molecule has 0 saturated carbocycles. The lowest BCUT2D eigenvalue weighted by Crippen LogP contribution is -2.30. The maximum atomic E-state index is 11.6. The predicted molar refractivity (Wildman–Crippen MR) is 73.0 cm³/mol. The number of aliphatic hydroxyl groups excluding tert-OH is 2. The molecule has 0 spiro atoms. The summed E-state index contributed by atoms with van der Waals surface area (Å²) in [6, 6.07) is 6.00. The van der Waals surface area contributed by atoms with E-state index in [1.807, 2.05) is 30.1 Å². The Balaban J connectivity index is 2.04. The molecule has 1 aromatic rings. The molecule has 0 radical (unpaired) electrons. The van der Waals surface area contributed by atoms with Crippen LogP contribution in [0.3, 0.4) is 0 Å². The second-order valence-corrected chi connectivity index (χ2v) is 5.13. The molecular formula is C14H20N2O3. The fourth-order valence-electron chi connectivity index (χ4n) is 2.42. The molecule has 104 valence electrons. The first kappa shape index (κ1) is 14.0. The van der Waals surface area contributed by atoms with Crippen molar-refractivity contribution >= 4 is 11.6 Å². The topological polar surface area (TPSA) is 64.0 Å². The van der Waals surface area contributed by atoms with Gasteiger partial charge >= 0.3 is 0 Å². The number of carbonyl (C=O) groups is 1. The van der Waals surface area contributed by atoms with Crippen LogP contribution < -0.4 is 4.90 Å². The molecule has 0 aromatic heterocycles. The fourth-order valence-corrected chi connectivity index (χ4v) is 2.42. The average molecular weight is 264 g/mol. The Hall–Kier alpha value is -1.43. The van der Waals surface area contributed by atoms with Crippen molar-refractivity contribution in [1.82, 2.24) is 4.90 Å². The third-order valence-corrected chi connectivity index (χ3v) is 3.41. The molecule has 1 aliphatic heterocycles. The van der Waals surface area contributed by atoms with Crippen LogP contribution in [0, 0.1) is 0 Å². The number of likely N-dealkylation sites (N-methyl/N-ethyl adjacent to an activating group) is 2. The molecule has 0 bridgehead atoms. The lowest BCUT2D eigenvalue weighted by atomic mass is 10.1. The summed E-state index contributed by atoms with van der Waals surface area (Å²) < 4.78 is 0. The smallest absolute Gasteiger partial charge is 0.231 e. The highest BCUT2D eigenvalue weighted by Crippen LogP contribution is 2.28. The summed E-state index contributed by atoms with van der Waals surface area (Å²) in [7, 11) is 3.68. The van der Waals surface area contributed by atoms with Gasteiger partial charge < -0.3 is 15.1 Å². The van der Waals surface area contributed by atoms with Crippen LogP contribution in [0.1, 0.15) is 11.1 Å². The van der Waals surface area contributed by atoms with Crippen LogP contribution in [0.25, 0.3) is 0 Å². The summed E-state index contributed by atoms with van der Waals surface area (Å²) in [5.41, 5.74) is 3.14. The molecule has 1 amide bonds. The van der Waals surface area contributed by atoms with E-state index in [4.69, 9.17) is 5.11 Å². The second-order valence-electron chi connectivity index (χ2n) is 5.13. The molecule has 2 rings (SSSR count). The highest BCUT2D eigenvalue weighted by molar-refractivity contribution is 6.00. The third-order valence-electron chi connectivity index (χ3n) is 3.41. The Morgan fingerprint density at radius 2 is 2.21 bits per heavy atom. The van der Waals surface area contributed by atoms with E-state index >= 15 is 0 Å². The molecule has 1 unspecified atom stereocenters. The Bertz CT molecular complexity index is 476. The summed E-state index contributed by atoms with van der Waals surface area (Å²) >= 11 is 0. The molecule has 0 fully saturated rings. The van der Waals surface area contributed by atoms with Gasteiger partial charge in [-0.3, -0.25) is 9.69 Å². The predicted octanol–water partition coefficient (Wildman–Crippen LogP) is -0.00950. The SMILES string of the molecule is CN(Cc1ccc2c(c1)CC(=O)N2C)CC(O)CO. The average Bonchev–Trinajstić information content (AvgIpc) is 2.64. The van der Waals surface area contributed by atoms with Gasteiger partial charge in [0.05, 0.1) is 19.1 Å². The van der Waals surface area contributed by atoms with Crippen molar-refractivity contribution in [3.63, 3.8) is 0 Å². The van der Waals surface area contributed by atoms with E-state index in [0.29, 0.717) is 19.5 Å². The monoisotopic (exact) mass is 264 g/mol. The Morgan fingerprint density at radius 1 is 1.47 bits per heavy atom. The summed E-state index contributed by atoms with van der Waals surface area (Å²) in [5, 5.41) is 18.2. The van der Waals surface area contributed by atoms with Crippen LogP contribution >= 0.6 is 0 Å². The molecule has 0 saturated heterocycles. The van der Waals surface area contributed by atoms with Crippen LogP contribution in [-0.2, 0) is 17.8 Å². The number of rotatable bonds is 5. The van der Waals surface area contributed by atoms with E-state index in [0.717, 1.165) is 16.8 Å². The van der Waals surface area contributed by atoms with Gasteiger partial charge in [0.25, 0.3) is 0 Å². The Kier molecular flexibility index (Phi) is 4.19. The van der Waals surface area contributed by atoms with E-state index in [9.17, 15) is 9.90 Å². The summed E-state index contributed by atoms with van der Waals surface area (Å²) in [5.74, 6) is 0.121. The van der Waals surface area contributed by atoms with E-state index in [1.165, 1.54) is 0 Å². The zero-order chi connectivity index (χ0) is 14.0. The van der Waals surface area contributed by atoms with Crippen LogP contribution in [0.15, 0.2) is 18.2 Å². The molecule has 19 heavy (non-hydrogen) atoms. The molecule has 1 atom stereocenters. The quantitative estimate of drug-likeness (QED) is 0.785. The molecule has 5 nitrogen and oxygen atoms in total. The number of aliphatic hydroxyl groups is 2. The van der Waals surface area contributed by atoms with Gasteiger partial charge in [-0.05, 0) is 24.2 Å². The number of hydrogen-bond acceptors (Lipinski definition) is 4. The van der Waals surface area contributed by atoms with Crippen molar-refractivity contribution in [2.45, 2.75) is 19.1 Å². The van der Waals surface area contributed by atoms with Crippen molar-refractivity contribution in [3.8, 4) is 0 Å². The normalized spacial score (nSPS) is 16.1. The van der Waals surface area contributed by atoms with Crippen molar-refractivity contribution in [1.29, 1.82) is 0 Å². The first-order valence-corrected chi connectivity index (χ1v) is 6.37. The molecule has 1 heterocycles. The Morgan fingerprint density at radius 3 is 2.89 bits per heavy atom. The van der Waals surface area contributed by atoms with E-state index in [-0.39, 0.29) is 12.5 Å². The lowest BCUT2D eigenvalue weighted by Gasteiger charge is -2.20. The third kappa shape index (κ3) is 3.12. The number of amides is 1.